The molecule has 0 aromatic heterocycles. The molecule has 206 valence electrons. The highest BCUT2D eigenvalue weighted by atomic mass is 35.5. The maximum absolute atomic E-state index is 14.8. The highest BCUT2D eigenvalue weighted by Gasteiger charge is 2.56. The van der Waals surface area contributed by atoms with Crippen LogP contribution >= 0.6 is 23.2 Å². The Morgan fingerprint density at radius 1 is 1.03 bits per heavy atom. The van der Waals surface area contributed by atoms with E-state index in [1.165, 1.54) is 80.6 Å². The van der Waals surface area contributed by atoms with Gasteiger partial charge in [0, 0.05) is 24.1 Å². The van der Waals surface area contributed by atoms with Gasteiger partial charge in [-0.3, -0.25) is 4.79 Å². The highest BCUT2D eigenvalue weighted by Crippen LogP contribution is 2.53. The van der Waals surface area contributed by atoms with Crippen LogP contribution in [-0.2, 0) is 14.9 Å². The first-order valence-corrected chi connectivity index (χ1v) is 12.5. The molecule has 2 atom stereocenters. The first kappa shape index (κ1) is 28.6. The molecule has 1 amide bonds. The van der Waals surface area contributed by atoms with E-state index in [0.717, 1.165) is 6.92 Å². The van der Waals surface area contributed by atoms with Gasteiger partial charge in [-0.1, -0.05) is 42.3 Å². The topological polar surface area (TPSA) is 65.1 Å². The predicted molar refractivity (Wildman–Crippen MR) is 141 cm³/mol. The first-order chi connectivity index (χ1) is 18.3. The van der Waals surface area contributed by atoms with Crippen molar-refractivity contribution in [1.29, 1.82) is 0 Å². The van der Waals surface area contributed by atoms with Gasteiger partial charge in [-0.15, -0.1) is 0 Å². The minimum Gasteiger partial charge on any atom is -0.482 e. The second-order valence-electron chi connectivity index (χ2n) is 9.26. The smallest absolute Gasteiger partial charge is 0.398 e. The van der Waals surface area contributed by atoms with E-state index in [1.807, 2.05) is 0 Å². The van der Waals surface area contributed by atoms with E-state index in [-0.39, 0.29) is 50.7 Å². The number of benzene rings is 3. The van der Waals surface area contributed by atoms with Gasteiger partial charge in [-0.05, 0) is 54.4 Å². The average Bonchev–Trinajstić information content (AvgIpc) is 2.89. The summed E-state index contributed by atoms with van der Waals surface area (Å²) in [5, 5.41) is 0.181. The van der Waals surface area contributed by atoms with Crippen LogP contribution in [-0.4, -0.2) is 38.8 Å². The van der Waals surface area contributed by atoms with Crippen molar-refractivity contribution in [2.75, 3.05) is 25.7 Å². The summed E-state index contributed by atoms with van der Waals surface area (Å²) >= 11 is 12.6. The summed E-state index contributed by atoms with van der Waals surface area (Å²) < 4.78 is 60.1. The van der Waals surface area contributed by atoms with E-state index >= 15 is 0 Å². The molecule has 3 aromatic rings. The second-order valence-corrected chi connectivity index (χ2v) is 10.1. The molecule has 1 aliphatic rings. The standard InChI is InChI=1S/C28H24Cl2F3NO5/c1-15(27(2,28(31,32)33)16-5-10-24-23(11-16)34(3)25(35)14-38-24)19-8-6-17(12-21(19)29)39-18-7-9-20(22(30)13-18)26(36)37-4/h5-13,15H,14H2,1-4H3/t15-,27+/m0/s1. The average molecular weight is 582 g/mol. The maximum atomic E-state index is 14.8. The molecule has 4 rings (SSSR count). The zero-order valence-electron chi connectivity index (χ0n) is 21.4. The zero-order valence-corrected chi connectivity index (χ0v) is 22.9. The van der Waals surface area contributed by atoms with Crippen molar-refractivity contribution in [2.45, 2.75) is 31.4 Å². The van der Waals surface area contributed by atoms with Crippen molar-refractivity contribution in [3.63, 3.8) is 0 Å². The Balaban J connectivity index is 1.67. The molecule has 0 spiro atoms. The minimum atomic E-state index is -4.67. The van der Waals surface area contributed by atoms with Crippen LogP contribution in [0.2, 0.25) is 10.0 Å². The molecule has 1 heterocycles. The van der Waals surface area contributed by atoms with Crippen LogP contribution in [0.25, 0.3) is 0 Å². The number of alkyl halides is 3. The maximum Gasteiger partial charge on any atom is 0.398 e. The predicted octanol–water partition coefficient (Wildman–Crippen LogP) is 7.55. The number of hydrogen-bond donors (Lipinski definition) is 0. The normalized spacial score (nSPS) is 15.6. The van der Waals surface area contributed by atoms with Gasteiger partial charge in [-0.25, -0.2) is 4.79 Å². The molecule has 0 radical (unpaired) electrons. The van der Waals surface area contributed by atoms with E-state index in [0.29, 0.717) is 11.5 Å². The first-order valence-electron chi connectivity index (χ1n) is 11.7. The van der Waals surface area contributed by atoms with Gasteiger partial charge < -0.3 is 19.1 Å². The van der Waals surface area contributed by atoms with Crippen molar-refractivity contribution >= 4 is 40.8 Å². The number of hydrogen-bond acceptors (Lipinski definition) is 5. The Kier molecular flexibility index (Phi) is 7.78. The van der Waals surface area contributed by atoms with Gasteiger partial charge in [0.1, 0.15) is 17.2 Å². The van der Waals surface area contributed by atoms with E-state index in [4.69, 9.17) is 32.7 Å². The summed E-state index contributed by atoms with van der Waals surface area (Å²) in [5.74, 6) is -1.21. The zero-order chi connectivity index (χ0) is 28.7. The van der Waals surface area contributed by atoms with Crippen LogP contribution in [0.5, 0.6) is 17.2 Å². The number of nitrogens with zero attached hydrogens (tertiary/aromatic N) is 1. The van der Waals surface area contributed by atoms with Crippen molar-refractivity contribution in [2.24, 2.45) is 0 Å². The molecule has 0 fully saturated rings. The Hall–Kier alpha value is -3.43. The molecule has 0 N–H and O–H groups in total. The third-order valence-corrected chi connectivity index (χ3v) is 7.76. The summed E-state index contributed by atoms with van der Waals surface area (Å²) in [6, 6.07) is 12.9. The number of fused-ring (bicyclic) bond motifs is 1. The third kappa shape index (κ3) is 5.25. The van der Waals surface area contributed by atoms with Crippen LogP contribution in [0.15, 0.2) is 54.6 Å². The molecule has 0 unspecified atom stereocenters. The van der Waals surface area contributed by atoms with Gasteiger partial charge in [0.05, 0.1) is 28.8 Å². The fraction of sp³-hybridized carbons (Fsp3) is 0.286. The Morgan fingerprint density at radius 2 is 1.67 bits per heavy atom. The van der Waals surface area contributed by atoms with Gasteiger partial charge in [0.25, 0.3) is 5.91 Å². The van der Waals surface area contributed by atoms with Crippen LogP contribution < -0.4 is 14.4 Å². The number of ether oxygens (including phenoxy) is 3. The molecule has 0 bridgehead atoms. The van der Waals surface area contributed by atoms with E-state index in [2.05, 4.69) is 4.74 Å². The summed E-state index contributed by atoms with van der Waals surface area (Å²) in [4.78, 5) is 25.1. The van der Waals surface area contributed by atoms with Crippen molar-refractivity contribution in [3.05, 3.63) is 81.3 Å². The number of likely N-dealkylation sites (N-methyl/N-ethyl adjacent to an activating group) is 1. The third-order valence-electron chi connectivity index (χ3n) is 7.12. The molecule has 0 aliphatic carbocycles. The SMILES string of the molecule is COC(=O)c1ccc(Oc2ccc([C@H](C)[C@](C)(c3ccc4c(c3)N(C)C(=O)CO4)C(F)(F)F)c(Cl)c2)cc1Cl. The van der Waals surface area contributed by atoms with Gasteiger partial charge >= 0.3 is 12.1 Å². The number of rotatable bonds is 6. The number of carbonyl (C=O) groups is 2. The van der Waals surface area contributed by atoms with Crippen LogP contribution in [0, 0.1) is 0 Å². The van der Waals surface area contributed by atoms with Crippen LogP contribution in [0.3, 0.4) is 0 Å². The van der Waals surface area contributed by atoms with Crippen LogP contribution in [0.4, 0.5) is 18.9 Å². The lowest BCUT2D eigenvalue weighted by Gasteiger charge is -2.39. The number of amides is 1. The molecule has 39 heavy (non-hydrogen) atoms. The Bertz CT molecular complexity index is 1450. The van der Waals surface area contributed by atoms with Crippen molar-refractivity contribution in [3.8, 4) is 17.2 Å². The van der Waals surface area contributed by atoms with E-state index < -0.39 is 23.5 Å². The fourth-order valence-electron chi connectivity index (χ4n) is 4.46. The van der Waals surface area contributed by atoms with Gasteiger partial charge in [-0.2, -0.15) is 13.2 Å². The number of halogens is 5. The Morgan fingerprint density at radius 3 is 2.26 bits per heavy atom. The second kappa shape index (κ2) is 10.6. The molecular weight excluding hydrogens is 558 g/mol. The number of methoxy groups -OCH3 is 1. The molecule has 6 nitrogen and oxygen atoms in total. The minimum absolute atomic E-state index is 0.0388. The molecule has 3 aromatic carbocycles. The quantitative estimate of drug-likeness (QED) is 0.281. The lowest BCUT2D eigenvalue weighted by Crippen LogP contribution is -2.44. The van der Waals surface area contributed by atoms with Crippen LogP contribution in [0.1, 0.15) is 41.3 Å². The molecule has 0 saturated heterocycles. The van der Waals surface area contributed by atoms with Crippen molar-refractivity contribution < 1.29 is 37.0 Å². The largest absolute Gasteiger partial charge is 0.482 e. The molecule has 0 saturated carbocycles. The molecule has 1 aliphatic heterocycles. The Labute approximate surface area is 233 Å². The van der Waals surface area contributed by atoms with Gasteiger partial charge in [0.2, 0.25) is 0 Å². The number of anilines is 1. The lowest BCUT2D eigenvalue weighted by atomic mass is 9.69. The number of esters is 1. The molecule has 11 heteroatoms. The monoisotopic (exact) mass is 581 g/mol. The van der Waals surface area contributed by atoms with Gasteiger partial charge in [0.15, 0.2) is 6.61 Å². The van der Waals surface area contributed by atoms with E-state index in [1.54, 1.807) is 0 Å². The summed E-state index contributed by atoms with van der Waals surface area (Å²) in [7, 11) is 2.73. The highest BCUT2D eigenvalue weighted by molar-refractivity contribution is 6.33. The molecular formula is C28H24Cl2F3NO5. The van der Waals surface area contributed by atoms with Crippen molar-refractivity contribution in [1.82, 2.24) is 0 Å². The number of carbonyl (C=O) groups excluding carboxylic acids is 2. The van der Waals surface area contributed by atoms with E-state index in [9.17, 15) is 22.8 Å². The summed E-state index contributed by atoms with van der Waals surface area (Å²) in [6.45, 7) is 2.38. The fourth-order valence-corrected chi connectivity index (χ4v) is 5.04. The lowest BCUT2D eigenvalue weighted by molar-refractivity contribution is -0.191. The summed E-state index contributed by atoms with van der Waals surface area (Å²) in [5.41, 5.74) is -1.74. The summed E-state index contributed by atoms with van der Waals surface area (Å²) in [6.07, 6.45) is -4.67.